The van der Waals surface area contributed by atoms with Gasteiger partial charge < -0.3 is 0 Å². The number of alkyl halides is 6. The van der Waals surface area contributed by atoms with Crippen molar-refractivity contribution < 1.29 is 26.3 Å². The summed E-state index contributed by atoms with van der Waals surface area (Å²) >= 11 is 0. The fraction of sp³-hybridized carbons (Fsp3) is 0.708. The SMILES string of the molecule is C.C.C=C(C)Cn1c(=O)n(CC(=C)C)c(=O)n(CC(C)(F)CC(C)C)c1=O.C=C(C)Cn1c(=O)n(CC(=C)C)c(=O)n(CC(C)CC(C)C)c1=O.CC(F)C(F)C(C)F.CC(F)CC(C)F. The van der Waals surface area contributed by atoms with E-state index in [0.29, 0.717) is 34.8 Å². The van der Waals surface area contributed by atoms with E-state index in [1.807, 2.05) is 20.8 Å². The Kier molecular flexibility index (Phi) is 32.3. The second kappa shape index (κ2) is 31.4. The van der Waals surface area contributed by atoms with E-state index in [0.717, 1.165) is 43.1 Å². The molecule has 66 heavy (non-hydrogen) atoms. The fourth-order valence-electron chi connectivity index (χ4n) is 6.53. The topological polar surface area (TPSA) is 132 Å². The second-order valence-corrected chi connectivity index (χ2v) is 18.4. The molecule has 0 saturated carbocycles. The van der Waals surface area contributed by atoms with Gasteiger partial charge in [-0.25, -0.2) is 82.5 Å². The van der Waals surface area contributed by atoms with E-state index in [9.17, 15) is 55.1 Å². The second-order valence-electron chi connectivity index (χ2n) is 18.4. The number of aromatic nitrogens is 6. The van der Waals surface area contributed by atoms with Crippen LogP contribution in [-0.2, 0) is 39.3 Å². The first-order chi connectivity index (χ1) is 29.1. The fourth-order valence-corrected chi connectivity index (χ4v) is 6.53. The predicted octanol–water partition coefficient (Wildman–Crippen LogP) is 9.51. The number of allylic oxidation sites excluding steroid dienone is 4. The molecule has 0 spiro atoms. The Balaban J connectivity index is -0.000000435. The summed E-state index contributed by atoms with van der Waals surface area (Å²) < 4.78 is 79.6. The van der Waals surface area contributed by atoms with Gasteiger partial charge in [-0.3, -0.25) is 0 Å². The van der Waals surface area contributed by atoms with Gasteiger partial charge in [0.1, 0.15) is 30.4 Å². The van der Waals surface area contributed by atoms with E-state index < -0.39 is 77.2 Å². The lowest BCUT2D eigenvalue weighted by molar-refractivity contribution is 0.102. The lowest BCUT2D eigenvalue weighted by Gasteiger charge is -2.24. The first-order valence-electron chi connectivity index (χ1n) is 21.4. The maximum absolute atomic E-state index is 14.8. The van der Waals surface area contributed by atoms with Crippen LogP contribution in [0.2, 0.25) is 0 Å². The largest absolute Gasteiger partial charge is 0.336 e. The van der Waals surface area contributed by atoms with Crippen molar-refractivity contribution in [3.8, 4) is 0 Å². The Labute approximate surface area is 389 Å². The predicted molar refractivity (Wildman–Crippen MR) is 261 cm³/mol. The third-order valence-electron chi connectivity index (χ3n) is 8.70. The number of hydrogen-bond donors (Lipinski definition) is 0. The molecule has 2 rings (SSSR count). The van der Waals surface area contributed by atoms with Crippen molar-refractivity contribution in [3.05, 3.63) is 112 Å². The summed E-state index contributed by atoms with van der Waals surface area (Å²) in [5.41, 5.74) is -3.34. The molecule has 6 unspecified atom stereocenters. The molecule has 384 valence electrons. The summed E-state index contributed by atoms with van der Waals surface area (Å²) in [5.74, 6) is 0.684. The Morgan fingerprint density at radius 3 is 0.955 bits per heavy atom. The van der Waals surface area contributed by atoms with Crippen LogP contribution in [0.5, 0.6) is 0 Å². The van der Waals surface area contributed by atoms with Crippen molar-refractivity contribution in [2.75, 3.05) is 0 Å². The van der Waals surface area contributed by atoms with Crippen LogP contribution in [0.4, 0.5) is 26.3 Å². The highest BCUT2D eigenvalue weighted by Gasteiger charge is 2.29. The molecule has 0 aliphatic heterocycles. The number of nitrogens with zero attached hydrogens (tertiary/aromatic N) is 6. The first kappa shape index (κ1) is 67.9. The zero-order valence-corrected chi connectivity index (χ0v) is 40.7. The van der Waals surface area contributed by atoms with Crippen LogP contribution in [0.15, 0.2) is 77.4 Å². The van der Waals surface area contributed by atoms with Crippen LogP contribution in [0.25, 0.3) is 0 Å². The molecule has 0 aliphatic carbocycles. The van der Waals surface area contributed by atoms with Crippen molar-refractivity contribution in [2.24, 2.45) is 17.8 Å². The molecule has 0 saturated heterocycles. The summed E-state index contributed by atoms with van der Waals surface area (Å²) in [6, 6.07) is 0. The molecular weight excluding hydrogens is 871 g/mol. The first-order valence-corrected chi connectivity index (χ1v) is 21.4. The van der Waals surface area contributed by atoms with Gasteiger partial charge in [0.05, 0.1) is 32.7 Å². The van der Waals surface area contributed by atoms with Crippen LogP contribution in [-0.4, -0.2) is 63.9 Å². The van der Waals surface area contributed by atoms with Gasteiger partial charge in [0.2, 0.25) is 0 Å². The van der Waals surface area contributed by atoms with Crippen LogP contribution < -0.4 is 34.1 Å². The Morgan fingerprint density at radius 2 is 0.758 bits per heavy atom. The maximum atomic E-state index is 14.8. The van der Waals surface area contributed by atoms with Crippen LogP contribution in [0.1, 0.15) is 131 Å². The minimum atomic E-state index is -1.96. The summed E-state index contributed by atoms with van der Waals surface area (Å²) in [6.45, 7) is 37.8. The Bertz CT molecular complexity index is 2080. The van der Waals surface area contributed by atoms with E-state index in [2.05, 4.69) is 40.2 Å². The van der Waals surface area contributed by atoms with Crippen molar-refractivity contribution in [2.45, 2.75) is 207 Å². The molecule has 6 atom stereocenters. The highest BCUT2D eigenvalue weighted by atomic mass is 19.2. The van der Waals surface area contributed by atoms with Gasteiger partial charge in [-0.15, -0.1) is 0 Å². The zero-order chi connectivity index (χ0) is 50.7. The summed E-state index contributed by atoms with van der Waals surface area (Å²) in [4.78, 5) is 75.6. The van der Waals surface area contributed by atoms with E-state index in [1.54, 1.807) is 27.7 Å². The van der Waals surface area contributed by atoms with Crippen molar-refractivity contribution in [1.82, 2.24) is 27.4 Å². The van der Waals surface area contributed by atoms with Crippen LogP contribution in [0, 0.1) is 17.8 Å². The highest BCUT2D eigenvalue weighted by molar-refractivity contribution is 4.96. The maximum Gasteiger partial charge on any atom is 0.336 e. The van der Waals surface area contributed by atoms with Gasteiger partial charge in [-0.1, -0.05) is 98.1 Å². The van der Waals surface area contributed by atoms with Gasteiger partial charge >= 0.3 is 34.1 Å². The van der Waals surface area contributed by atoms with Crippen molar-refractivity contribution >= 4 is 0 Å². The molecule has 0 bridgehead atoms. The third kappa shape index (κ3) is 25.3. The van der Waals surface area contributed by atoms with Gasteiger partial charge in [-0.2, -0.15) is 0 Å². The standard InChI is InChI=1S/C18H28FN3O3.C18H29N3O3.C5H9F3.C5H10F2.2CH4/c1-12(2)8-18(7,19)11-22-16(24)20(9-13(3)4)15(23)21(17(22)25)10-14(5)6;1-12(2)8-15(7)11-21-17(23)19(9-13(3)4)16(22)20(18(21)24)10-14(5)6;1-3(6)5(8)4(2)7;1-4(6)3-5(2)7;;/h12H,3,5,8-11H2,1-2,4,6-7H3;12,15H,3,5,8-11H2,1-2,4,6-7H3;3-5H,1-2H3;4-5H,3H2,1-2H3;2*1H4. The smallest absolute Gasteiger partial charge is 0.248 e. The minimum absolute atomic E-state index is 0. The van der Waals surface area contributed by atoms with Crippen LogP contribution in [0.3, 0.4) is 0 Å². The summed E-state index contributed by atoms with van der Waals surface area (Å²) in [6.07, 6.45) is -6.25. The molecule has 2 aromatic heterocycles. The van der Waals surface area contributed by atoms with E-state index in [-0.39, 0.29) is 65.7 Å². The van der Waals surface area contributed by atoms with E-state index in [4.69, 9.17) is 0 Å². The van der Waals surface area contributed by atoms with Crippen molar-refractivity contribution in [3.63, 3.8) is 0 Å². The Hall–Kier alpha value is -4.64. The average Bonchev–Trinajstić information content (AvgIpc) is 3.11. The molecule has 0 aliphatic rings. The van der Waals surface area contributed by atoms with Gasteiger partial charge in [0.15, 0.2) is 6.17 Å². The lowest BCUT2D eigenvalue weighted by Crippen LogP contribution is -2.56. The average molecular weight is 955 g/mol. The van der Waals surface area contributed by atoms with Crippen LogP contribution >= 0.6 is 0 Å². The Morgan fingerprint density at radius 1 is 0.485 bits per heavy atom. The molecule has 0 N–H and O–H groups in total. The van der Waals surface area contributed by atoms with E-state index >= 15 is 0 Å². The molecule has 0 amide bonds. The lowest BCUT2D eigenvalue weighted by atomic mass is 9.96. The highest BCUT2D eigenvalue weighted by Crippen LogP contribution is 2.22. The molecule has 2 aromatic rings. The van der Waals surface area contributed by atoms with Gasteiger partial charge in [0.25, 0.3) is 0 Å². The monoisotopic (exact) mass is 955 g/mol. The van der Waals surface area contributed by atoms with Crippen molar-refractivity contribution in [1.29, 1.82) is 0 Å². The van der Waals surface area contributed by atoms with Gasteiger partial charge in [-0.05, 0) is 92.9 Å². The molecule has 12 nitrogen and oxygen atoms in total. The summed E-state index contributed by atoms with van der Waals surface area (Å²) in [5, 5.41) is 0. The molecule has 0 fully saturated rings. The third-order valence-corrected chi connectivity index (χ3v) is 8.70. The summed E-state index contributed by atoms with van der Waals surface area (Å²) in [7, 11) is 0. The molecule has 18 heteroatoms. The molecular formula is C48H84F6N6O6. The normalized spacial score (nSPS) is 14.4. The van der Waals surface area contributed by atoms with Gasteiger partial charge in [0, 0.05) is 13.0 Å². The minimum Gasteiger partial charge on any atom is -0.248 e. The molecule has 0 radical (unpaired) electrons. The molecule has 0 aromatic carbocycles. The quantitative estimate of drug-likeness (QED) is 0.0960. The van der Waals surface area contributed by atoms with E-state index in [1.165, 1.54) is 25.3 Å². The number of halogens is 6. The molecule has 2 heterocycles. The zero-order valence-electron chi connectivity index (χ0n) is 40.7. The number of hydrogen-bond acceptors (Lipinski definition) is 6. The number of rotatable bonds is 20.